The Hall–Kier alpha value is -1.88. The number of benzene rings is 1. The number of hydrogen-bond donors (Lipinski definition) is 0. The van der Waals surface area contributed by atoms with Crippen LogP contribution in [0.2, 0.25) is 0 Å². The zero-order valence-electron chi connectivity index (χ0n) is 19.2. The van der Waals surface area contributed by atoms with Crippen LogP contribution in [0.1, 0.15) is 89.0 Å². The minimum Gasteiger partial charge on any atom is -0.207 e. The van der Waals surface area contributed by atoms with E-state index in [0.717, 1.165) is 36.5 Å². The van der Waals surface area contributed by atoms with Gasteiger partial charge in [-0.05, 0) is 92.7 Å². The summed E-state index contributed by atoms with van der Waals surface area (Å²) in [6, 6.07) is 9.05. The van der Waals surface area contributed by atoms with Gasteiger partial charge < -0.3 is 0 Å². The van der Waals surface area contributed by atoms with E-state index in [1.807, 2.05) is 30.4 Å². The van der Waals surface area contributed by atoms with Crippen LogP contribution < -0.4 is 0 Å². The van der Waals surface area contributed by atoms with Crippen LogP contribution in [-0.4, -0.2) is 0 Å². The summed E-state index contributed by atoms with van der Waals surface area (Å²) in [6.45, 7) is 0. The van der Waals surface area contributed by atoms with E-state index in [1.54, 1.807) is 12.1 Å². The molecule has 0 heterocycles. The first-order valence-electron chi connectivity index (χ1n) is 12.7. The molecule has 3 rings (SSSR count). The minimum absolute atomic E-state index is 0.132. The van der Waals surface area contributed by atoms with Gasteiger partial charge in [0, 0.05) is 6.08 Å². The molecule has 0 aliphatic heterocycles. The van der Waals surface area contributed by atoms with Crippen molar-refractivity contribution in [3.8, 4) is 6.07 Å². The van der Waals surface area contributed by atoms with E-state index in [4.69, 9.17) is 5.26 Å². The zero-order chi connectivity index (χ0) is 21.7. The lowest BCUT2D eigenvalue weighted by Crippen LogP contribution is -2.25. The molecule has 0 saturated heterocycles. The standard InChI is InChI=1S/C29H40FN/c30-29-21-15-26(16-22-29)10-6-5-9-25-13-19-28(20-14-25)27-17-11-24(12-18-27)8-4-2-1-3-7-23-31/h1-3,7,15-16,21-22,24-25,27-28H,4-6,8-14,17-20H2. The number of hydrogen-bond acceptors (Lipinski definition) is 1. The number of rotatable bonds is 10. The summed E-state index contributed by atoms with van der Waals surface area (Å²) in [5.74, 6) is 3.71. The lowest BCUT2D eigenvalue weighted by molar-refractivity contribution is 0.140. The zero-order valence-corrected chi connectivity index (χ0v) is 19.2. The normalized spacial score (nSPS) is 27.0. The fourth-order valence-electron chi connectivity index (χ4n) is 5.92. The van der Waals surface area contributed by atoms with Crippen LogP contribution in [0.25, 0.3) is 0 Å². The van der Waals surface area contributed by atoms with Gasteiger partial charge in [0.2, 0.25) is 0 Å². The molecule has 2 heteroatoms. The number of allylic oxidation sites excluding steroid dienone is 4. The maximum atomic E-state index is 13.0. The predicted molar refractivity (Wildman–Crippen MR) is 128 cm³/mol. The van der Waals surface area contributed by atoms with Gasteiger partial charge in [-0.1, -0.05) is 68.9 Å². The molecule has 2 aliphatic rings. The fraction of sp³-hybridized carbons (Fsp3) is 0.621. The lowest BCUT2D eigenvalue weighted by Gasteiger charge is -2.38. The molecule has 1 nitrogen and oxygen atoms in total. The van der Waals surface area contributed by atoms with E-state index in [-0.39, 0.29) is 5.82 Å². The van der Waals surface area contributed by atoms with Gasteiger partial charge in [0.25, 0.3) is 0 Å². The highest BCUT2D eigenvalue weighted by atomic mass is 19.1. The Bertz CT molecular complexity index is 710. The third-order valence-electron chi connectivity index (χ3n) is 7.85. The molecular weight excluding hydrogens is 381 g/mol. The fourth-order valence-corrected chi connectivity index (χ4v) is 5.92. The molecule has 2 saturated carbocycles. The third-order valence-corrected chi connectivity index (χ3v) is 7.85. The quantitative estimate of drug-likeness (QED) is 0.211. The van der Waals surface area contributed by atoms with Gasteiger partial charge in [-0.15, -0.1) is 0 Å². The number of unbranched alkanes of at least 4 members (excludes halogenated alkanes) is 1. The maximum absolute atomic E-state index is 13.0. The highest BCUT2D eigenvalue weighted by Gasteiger charge is 2.30. The van der Waals surface area contributed by atoms with Gasteiger partial charge in [0.05, 0.1) is 6.07 Å². The number of halogens is 1. The molecule has 0 radical (unpaired) electrons. The first-order valence-corrected chi connectivity index (χ1v) is 12.7. The number of nitriles is 1. The predicted octanol–water partition coefficient (Wildman–Crippen LogP) is 8.57. The number of aryl methyl sites for hydroxylation is 1. The third kappa shape index (κ3) is 8.64. The molecule has 1 aromatic carbocycles. The van der Waals surface area contributed by atoms with Crippen molar-refractivity contribution in [3.05, 3.63) is 60.0 Å². The molecule has 0 spiro atoms. The van der Waals surface area contributed by atoms with E-state index < -0.39 is 0 Å². The van der Waals surface area contributed by atoms with Crippen molar-refractivity contribution < 1.29 is 4.39 Å². The number of nitrogens with zero attached hydrogens (tertiary/aromatic N) is 1. The van der Waals surface area contributed by atoms with Gasteiger partial charge in [-0.3, -0.25) is 0 Å². The first kappa shape index (κ1) is 23.8. The molecule has 0 bridgehead atoms. The maximum Gasteiger partial charge on any atom is 0.123 e. The first-order chi connectivity index (χ1) is 15.2. The van der Waals surface area contributed by atoms with E-state index in [9.17, 15) is 4.39 Å². The van der Waals surface area contributed by atoms with E-state index in [0.29, 0.717) is 0 Å². The molecule has 2 aliphatic carbocycles. The van der Waals surface area contributed by atoms with Gasteiger partial charge in [0.15, 0.2) is 0 Å². The van der Waals surface area contributed by atoms with Gasteiger partial charge in [0.1, 0.15) is 5.82 Å². The molecule has 31 heavy (non-hydrogen) atoms. The summed E-state index contributed by atoms with van der Waals surface area (Å²) in [5.41, 5.74) is 1.27. The molecule has 2 fully saturated rings. The Labute approximate surface area is 189 Å². The van der Waals surface area contributed by atoms with E-state index in [2.05, 4.69) is 6.08 Å². The van der Waals surface area contributed by atoms with Gasteiger partial charge in [-0.2, -0.15) is 5.26 Å². The van der Waals surface area contributed by atoms with Crippen molar-refractivity contribution in [1.82, 2.24) is 0 Å². The Balaban J connectivity index is 1.24. The van der Waals surface area contributed by atoms with E-state index >= 15 is 0 Å². The van der Waals surface area contributed by atoms with Crippen molar-refractivity contribution >= 4 is 0 Å². The molecule has 0 aromatic heterocycles. The summed E-state index contributed by atoms with van der Waals surface area (Å²) in [6.07, 6.45) is 26.7. The van der Waals surface area contributed by atoms with E-state index in [1.165, 1.54) is 88.7 Å². The highest BCUT2D eigenvalue weighted by Crippen LogP contribution is 2.43. The van der Waals surface area contributed by atoms with Crippen LogP contribution in [0.3, 0.4) is 0 Å². The Morgan fingerprint density at radius 1 is 0.806 bits per heavy atom. The van der Waals surface area contributed by atoms with Crippen LogP contribution >= 0.6 is 0 Å². The Morgan fingerprint density at radius 3 is 2.03 bits per heavy atom. The van der Waals surface area contributed by atoms with Gasteiger partial charge >= 0.3 is 0 Å². The largest absolute Gasteiger partial charge is 0.207 e. The second kappa shape index (κ2) is 13.5. The summed E-state index contributed by atoms with van der Waals surface area (Å²) >= 11 is 0. The summed E-state index contributed by atoms with van der Waals surface area (Å²) in [7, 11) is 0. The summed E-state index contributed by atoms with van der Waals surface area (Å²) < 4.78 is 13.0. The van der Waals surface area contributed by atoms with Crippen LogP contribution in [-0.2, 0) is 6.42 Å². The molecule has 0 N–H and O–H groups in total. The molecular formula is C29H40FN. The monoisotopic (exact) mass is 421 g/mol. The van der Waals surface area contributed by atoms with Crippen molar-refractivity contribution in [2.24, 2.45) is 23.7 Å². The molecule has 0 amide bonds. The van der Waals surface area contributed by atoms with Crippen LogP contribution in [0.5, 0.6) is 0 Å². The highest BCUT2D eigenvalue weighted by molar-refractivity contribution is 5.16. The van der Waals surface area contributed by atoms with Crippen LogP contribution in [0.4, 0.5) is 4.39 Å². The van der Waals surface area contributed by atoms with Crippen LogP contribution in [0, 0.1) is 40.8 Å². The van der Waals surface area contributed by atoms with Crippen molar-refractivity contribution in [2.45, 2.75) is 89.9 Å². The van der Waals surface area contributed by atoms with Crippen molar-refractivity contribution in [2.75, 3.05) is 0 Å². The Morgan fingerprint density at radius 2 is 1.42 bits per heavy atom. The second-order valence-corrected chi connectivity index (χ2v) is 9.93. The molecule has 0 atom stereocenters. The lowest BCUT2D eigenvalue weighted by atomic mass is 9.68. The summed E-state index contributed by atoms with van der Waals surface area (Å²) in [5, 5.41) is 8.49. The van der Waals surface area contributed by atoms with Gasteiger partial charge in [-0.25, -0.2) is 4.39 Å². The average Bonchev–Trinajstić information content (AvgIpc) is 2.81. The topological polar surface area (TPSA) is 23.8 Å². The molecule has 168 valence electrons. The Kier molecular flexibility index (Phi) is 10.4. The van der Waals surface area contributed by atoms with Crippen LogP contribution in [0.15, 0.2) is 48.6 Å². The SMILES string of the molecule is N#CC=CC=CCCC1CCC(C2CCC(CCCCc3ccc(F)cc3)CC2)CC1. The average molecular weight is 422 g/mol. The smallest absolute Gasteiger partial charge is 0.123 e. The minimum atomic E-state index is -0.132. The van der Waals surface area contributed by atoms with Crippen molar-refractivity contribution in [3.63, 3.8) is 0 Å². The summed E-state index contributed by atoms with van der Waals surface area (Å²) in [4.78, 5) is 0. The second-order valence-electron chi connectivity index (χ2n) is 9.93. The molecule has 1 aromatic rings. The molecule has 0 unspecified atom stereocenters. The van der Waals surface area contributed by atoms with Crippen molar-refractivity contribution in [1.29, 1.82) is 5.26 Å².